The molecule has 1 spiro atoms. The topological polar surface area (TPSA) is 41.6 Å². The summed E-state index contributed by atoms with van der Waals surface area (Å²) in [6.45, 7) is 1.96. The van der Waals surface area contributed by atoms with Crippen LogP contribution in [0, 0.1) is 5.41 Å². The summed E-state index contributed by atoms with van der Waals surface area (Å²) in [5.74, 6) is 0. The molecule has 1 saturated carbocycles. The Morgan fingerprint density at radius 2 is 2.16 bits per heavy atom. The van der Waals surface area contributed by atoms with E-state index in [1.165, 1.54) is 12.8 Å². The number of nitrogens with one attached hydrogen (secondary N) is 1. The van der Waals surface area contributed by atoms with E-state index in [0.717, 1.165) is 18.7 Å². The van der Waals surface area contributed by atoms with Gasteiger partial charge in [-0.05, 0) is 25.5 Å². The maximum Gasteiger partial charge on any atom is 0.410 e. The van der Waals surface area contributed by atoms with Crippen LogP contribution < -0.4 is 5.32 Å². The number of carbonyl (C=O) groups is 1. The first-order valence-electron chi connectivity index (χ1n) is 6.86. The number of likely N-dealkylation sites (N-methyl/N-ethyl adjacent to an activating group) is 1. The highest BCUT2D eigenvalue weighted by atomic mass is 16.6. The van der Waals surface area contributed by atoms with E-state index in [2.05, 4.69) is 5.32 Å². The zero-order valence-corrected chi connectivity index (χ0v) is 11.3. The van der Waals surface area contributed by atoms with Crippen molar-refractivity contribution in [1.82, 2.24) is 10.2 Å². The number of nitrogens with zero attached hydrogens (tertiary/aromatic N) is 1. The summed E-state index contributed by atoms with van der Waals surface area (Å²) < 4.78 is 5.39. The zero-order valence-electron chi connectivity index (χ0n) is 11.3. The summed E-state index contributed by atoms with van der Waals surface area (Å²) >= 11 is 0. The first kappa shape index (κ1) is 12.5. The van der Waals surface area contributed by atoms with Crippen molar-refractivity contribution in [2.45, 2.75) is 25.5 Å². The van der Waals surface area contributed by atoms with Gasteiger partial charge in [0.15, 0.2) is 0 Å². The maximum absolute atomic E-state index is 12.1. The molecule has 19 heavy (non-hydrogen) atoms. The molecule has 0 aromatic heterocycles. The van der Waals surface area contributed by atoms with Crippen LogP contribution in [0.2, 0.25) is 0 Å². The second kappa shape index (κ2) is 4.85. The van der Waals surface area contributed by atoms with Gasteiger partial charge in [0, 0.05) is 24.5 Å². The molecule has 1 aliphatic heterocycles. The van der Waals surface area contributed by atoms with Crippen LogP contribution in [-0.2, 0) is 11.3 Å². The summed E-state index contributed by atoms with van der Waals surface area (Å²) in [4.78, 5) is 13.9. The van der Waals surface area contributed by atoms with Gasteiger partial charge in [-0.25, -0.2) is 4.79 Å². The first-order chi connectivity index (χ1) is 9.23. The molecular formula is C15H20N2O2. The predicted molar refractivity (Wildman–Crippen MR) is 72.7 cm³/mol. The zero-order chi connectivity index (χ0) is 13.3. The lowest BCUT2D eigenvalue weighted by molar-refractivity contribution is 0.102. The Morgan fingerprint density at radius 3 is 2.74 bits per heavy atom. The number of rotatable bonds is 3. The third-order valence-corrected chi connectivity index (χ3v) is 4.35. The molecule has 1 heterocycles. The van der Waals surface area contributed by atoms with Crippen LogP contribution >= 0.6 is 0 Å². The molecule has 102 valence electrons. The summed E-state index contributed by atoms with van der Waals surface area (Å²) in [5.41, 5.74) is 1.36. The number of likely N-dealkylation sites (tertiary alicyclic amines) is 1. The number of benzene rings is 1. The van der Waals surface area contributed by atoms with Crippen LogP contribution in [0.5, 0.6) is 0 Å². The second-order valence-corrected chi connectivity index (χ2v) is 5.62. The normalized spacial score (nSPS) is 23.6. The van der Waals surface area contributed by atoms with Gasteiger partial charge in [-0.15, -0.1) is 0 Å². The largest absolute Gasteiger partial charge is 0.445 e. The SMILES string of the molecule is CNC1CN(C(=O)OCc2ccccc2)CC12CC2. The maximum atomic E-state index is 12.1. The van der Waals surface area contributed by atoms with Crippen LogP contribution in [-0.4, -0.2) is 37.2 Å². The number of ether oxygens (including phenoxy) is 1. The van der Waals surface area contributed by atoms with Gasteiger partial charge in [0.05, 0.1) is 0 Å². The second-order valence-electron chi connectivity index (χ2n) is 5.62. The minimum Gasteiger partial charge on any atom is -0.445 e. The van der Waals surface area contributed by atoms with Crippen LogP contribution in [0.3, 0.4) is 0 Å². The van der Waals surface area contributed by atoms with Gasteiger partial charge in [0.25, 0.3) is 0 Å². The third-order valence-electron chi connectivity index (χ3n) is 4.35. The van der Waals surface area contributed by atoms with Gasteiger partial charge in [-0.1, -0.05) is 30.3 Å². The fraction of sp³-hybridized carbons (Fsp3) is 0.533. The van der Waals surface area contributed by atoms with Crippen molar-refractivity contribution >= 4 is 6.09 Å². The van der Waals surface area contributed by atoms with Crippen LogP contribution in [0.1, 0.15) is 18.4 Å². The lowest BCUT2D eigenvalue weighted by Crippen LogP contribution is -2.35. The average Bonchev–Trinajstić information content (AvgIpc) is 3.11. The fourth-order valence-corrected chi connectivity index (χ4v) is 2.98. The standard InChI is InChI=1S/C15H20N2O2/c1-16-13-9-17(11-15(13)7-8-15)14(18)19-10-12-5-3-2-4-6-12/h2-6,13,16H,7-11H2,1H3. The molecule has 1 unspecified atom stereocenters. The Morgan fingerprint density at radius 1 is 1.42 bits per heavy atom. The van der Waals surface area contributed by atoms with Gasteiger partial charge in [-0.3, -0.25) is 0 Å². The summed E-state index contributed by atoms with van der Waals surface area (Å²) in [7, 11) is 1.98. The lowest BCUT2D eigenvalue weighted by Gasteiger charge is -2.16. The monoisotopic (exact) mass is 260 g/mol. The molecule has 1 N–H and O–H groups in total. The molecule has 1 aromatic rings. The fourth-order valence-electron chi connectivity index (χ4n) is 2.98. The van der Waals surface area contributed by atoms with Crippen molar-refractivity contribution in [2.24, 2.45) is 5.41 Å². The van der Waals surface area contributed by atoms with Crippen molar-refractivity contribution < 1.29 is 9.53 Å². The summed E-state index contributed by atoms with van der Waals surface area (Å²) in [5, 5.41) is 3.33. The molecule has 3 rings (SSSR count). The van der Waals surface area contributed by atoms with Crippen molar-refractivity contribution in [1.29, 1.82) is 0 Å². The van der Waals surface area contributed by atoms with Gasteiger partial charge in [-0.2, -0.15) is 0 Å². The van der Waals surface area contributed by atoms with Crippen molar-refractivity contribution in [3.63, 3.8) is 0 Å². The summed E-state index contributed by atoms with van der Waals surface area (Å²) in [6, 6.07) is 10.2. The molecule has 2 fully saturated rings. The van der Waals surface area contributed by atoms with E-state index in [0.29, 0.717) is 18.1 Å². The van der Waals surface area contributed by atoms with E-state index in [4.69, 9.17) is 4.74 Å². The van der Waals surface area contributed by atoms with Crippen LogP contribution in [0.25, 0.3) is 0 Å². The number of hydrogen-bond acceptors (Lipinski definition) is 3. The molecule has 4 heteroatoms. The van der Waals surface area contributed by atoms with E-state index >= 15 is 0 Å². The quantitative estimate of drug-likeness (QED) is 0.904. The molecule has 0 radical (unpaired) electrons. The Bertz CT molecular complexity index is 456. The number of hydrogen-bond donors (Lipinski definition) is 1. The Hall–Kier alpha value is -1.55. The molecule has 1 amide bonds. The smallest absolute Gasteiger partial charge is 0.410 e. The Labute approximate surface area is 113 Å². The number of amides is 1. The molecule has 2 aliphatic rings. The minimum atomic E-state index is -0.187. The van der Waals surface area contributed by atoms with E-state index in [1.54, 1.807) is 0 Å². The van der Waals surface area contributed by atoms with Crippen molar-refractivity contribution in [3.05, 3.63) is 35.9 Å². The van der Waals surface area contributed by atoms with Gasteiger partial charge in [0.2, 0.25) is 0 Å². The van der Waals surface area contributed by atoms with E-state index in [-0.39, 0.29) is 6.09 Å². The molecule has 0 bridgehead atoms. The van der Waals surface area contributed by atoms with Crippen molar-refractivity contribution in [3.8, 4) is 0 Å². The highest BCUT2D eigenvalue weighted by molar-refractivity contribution is 5.68. The first-order valence-corrected chi connectivity index (χ1v) is 6.86. The molecule has 4 nitrogen and oxygen atoms in total. The predicted octanol–water partition coefficient (Wildman–Crippen LogP) is 2.01. The van der Waals surface area contributed by atoms with E-state index in [1.807, 2.05) is 42.3 Å². The van der Waals surface area contributed by atoms with Gasteiger partial charge in [0.1, 0.15) is 6.61 Å². The van der Waals surface area contributed by atoms with Crippen LogP contribution in [0.15, 0.2) is 30.3 Å². The third kappa shape index (κ3) is 2.45. The van der Waals surface area contributed by atoms with Gasteiger partial charge >= 0.3 is 6.09 Å². The molecule has 1 aromatic carbocycles. The van der Waals surface area contributed by atoms with E-state index in [9.17, 15) is 4.79 Å². The summed E-state index contributed by atoms with van der Waals surface area (Å²) in [6.07, 6.45) is 2.26. The highest BCUT2D eigenvalue weighted by Gasteiger charge is 2.55. The van der Waals surface area contributed by atoms with E-state index < -0.39 is 0 Å². The average molecular weight is 260 g/mol. The number of carbonyl (C=O) groups excluding carboxylic acids is 1. The lowest BCUT2D eigenvalue weighted by atomic mass is 10.0. The van der Waals surface area contributed by atoms with Gasteiger partial charge < -0.3 is 15.0 Å². The molecule has 1 atom stereocenters. The molecule has 1 aliphatic carbocycles. The van der Waals surface area contributed by atoms with Crippen LogP contribution in [0.4, 0.5) is 4.79 Å². The Kier molecular flexibility index (Phi) is 3.19. The molecular weight excluding hydrogens is 240 g/mol. The Balaban J connectivity index is 1.54. The van der Waals surface area contributed by atoms with Crippen molar-refractivity contribution in [2.75, 3.05) is 20.1 Å². The minimum absolute atomic E-state index is 0.187. The molecule has 1 saturated heterocycles. The highest BCUT2D eigenvalue weighted by Crippen LogP contribution is 2.52.